The molecule has 1 saturated heterocycles. The number of aromatic nitrogens is 1. The largest absolute Gasteiger partial charge is 0.300 e. The molecule has 1 fully saturated rings. The molecule has 0 spiro atoms. The summed E-state index contributed by atoms with van der Waals surface area (Å²) in [6.45, 7) is 4.33. The van der Waals surface area contributed by atoms with Crippen molar-refractivity contribution in [2.24, 2.45) is 0 Å². The molecular formula is C30H33N5O2S. The SMILES string of the molecule is O=C(CCc1nc2ccccc2s1)NNC(=O)CCN1CCN(C(c2ccccc2)c2ccccc2)CC1. The molecule has 2 amide bonds. The summed E-state index contributed by atoms with van der Waals surface area (Å²) < 4.78 is 1.12. The fraction of sp³-hybridized carbons (Fsp3) is 0.300. The molecule has 7 nitrogen and oxygen atoms in total. The van der Waals surface area contributed by atoms with Crippen LogP contribution in [0.15, 0.2) is 84.9 Å². The average molecular weight is 528 g/mol. The lowest BCUT2D eigenvalue weighted by molar-refractivity contribution is -0.129. The summed E-state index contributed by atoms with van der Waals surface area (Å²) in [5, 5.41) is 0.925. The Hall–Kier alpha value is -3.59. The molecule has 0 saturated carbocycles. The maximum absolute atomic E-state index is 12.4. The Kier molecular flexibility index (Phi) is 8.75. The van der Waals surface area contributed by atoms with Crippen LogP contribution in [0.2, 0.25) is 0 Å². The minimum absolute atomic E-state index is 0.174. The zero-order valence-electron chi connectivity index (χ0n) is 21.4. The topological polar surface area (TPSA) is 77.6 Å². The van der Waals surface area contributed by atoms with Gasteiger partial charge in [0.1, 0.15) is 0 Å². The molecule has 8 heteroatoms. The second-order valence-corrected chi connectivity index (χ2v) is 10.6. The number of nitrogens with zero attached hydrogens (tertiary/aromatic N) is 3. The Labute approximate surface area is 227 Å². The van der Waals surface area contributed by atoms with Crippen LogP contribution in [0.4, 0.5) is 0 Å². The van der Waals surface area contributed by atoms with Crippen LogP contribution in [0, 0.1) is 0 Å². The van der Waals surface area contributed by atoms with Crippen molar-refractivity contribution in [3.63, 3.8) is 0 Å². The Balaban J connectivity index is 1.03. The average Bonchev–Trinajstić information content (AvgIpc) is 3.39. The Morgan fingerprint density at radius 1 is 0.763 bits per heavy atom. The molecule has 0 aliphatic carbocycles. The number of para-hydroxylation sites is 1. The predicted molar refractivity (Wildman–Crippen MR) is 152 cm³/mol. The molecule has 1 aliphatic heterocycles. The highest BCUT2D eigenvalue weighted by Crippen LogP contribution is 2.29. The molecule has 0 unspecified atom stereocenters. The van der Waals surface area contributed by atoms with Gasteiger partial charge in [0, 0.05) is 52.0 Å². The number of fused-ring (bicyclic) bond motifs is 1. The lowest BCUT2D eigenvalue weighted by Gasteiger charge is -2.39. The lowest BCUT2D eigenvalue weighted by atomic mass is 9.96. The molecule has 2 N–H and O–H groups in total. The third kappa shape index (κ3) is 6.83. The number of hydrazine groups is 1. The highest BCUT2D eigenvalue weighted by atomic mass is 32.1. The summed E-state index contributed by atoms with van der Waals surface area (Å²) in [4.78, 5) is 34.0. The maximum atomic E-state index is 12.4. The van der Waals surface area contributed by atoms with Crippen LogP contribution in [0.1, 0.15) is 35.0 Å². The molecule has 0 radical (unpaired) electrons. The zero-order valence-corrected chi connectivity index (χ0v) is 22.2. The third-order valence-electron chi connectivity index (χ3n) is 6.90. The molecule has 196 valence electrons. The fourth-order valence-corrected chi connectivity index (χ4v) is 5.87. The lowest BCUT2D eigenvalue weighted by Crippen LogP contribution is -2.49. The van der Waals surface area contributed by atoms with E-state index >= 15 is 0 Å². The number of hydrogen-bond donors (Lipinski definition) is 2. The number of benzene rings is 3. The summed E-state index contributed by atoms with van der Waals surface area (Å²) in [5.74, 6) is -0.383. The molecule has 1 aromatic heterocycles. The predicted octanol–water partition coefficient (Wildman–Crippen LogP) is 4.17. The van der Waals surface area contributed by atoms with Gasteiger partial charge in [-0.05, 0) is 23.3 Å². The van der Waals surface area contributed by atoms with E-state index in [1.807, 2.05) is 24.3 Å². The van der Waals surface area contributed by atoms with E-state index in [-0.39, 0.29) is 24.3 Å². The summed E-state index contributed by atoms with van der Waals surface area (Å²) in [5.41, 5.74) is 8.66. The van der Waals surface area contributed by atoms with Crippen LogP contribution in [0.3, 0.4) is 0 Å². The highest BCUT2D eigenvalue weighted by Gasteiger charge is 2.26. The van der Waals surface area contributed by atoms with Gasteiger partial charge in [-0.1, -0.05) is 72.8 Å². The molecule has 38 heavy (non-hydrogen) atoms. The van der Waals surface area contributed by atoms with Crippen molar-refractivity contribution in [1.82, 2.24) is 25.6 Å². The molecule has 1 aliphatic rings. The number of hydrogen-bond acceptors (Lipinski definition) is 6. The van der Waals surface area contributed by atoms with Gasteiger partial charge in [0.15, 0.2) is 0 Å². The van der Waals surface area contributed by atoms with Crippen LogP contribution < -0.4 is 10.9 Å². The number of amides is 2. The standard InChI is InChI=1S/C30H33N5O2S/c36-27(15-16-29-31-25-13-7-8-14-26(25)38-29)32-33-28(37)17-18-34-19-21-35(22-20-34)30(23-9-3-1-4-10-23)24-11-5-2-6-12-24/h1-14,30H,15-22H2,(H,32,36)(H,33,37). The van der Waals surface area contributed by atoms with Crippen molar-refractivity contribution in [2.45, 2.75) is 25.3 Å². The summed E-state index contributed by atoms with van der Waals surface area (Å²) >= 11 is 1.60. The van der Waals surface area contributed by atoms with E-state index < -0.39 is 0 Å². The van der Waals surface area contributed by atoms with Crippen molar-refractivity contribution >= 4 is 33.4 Å². The van der Waals surface area contributed by atoms with Crippen molar-refractivity contribution in [3.05, 3.63) is 101 Å². The molecule has 4 aromatic rings. The van der Waals surface area contributed by atoms with Gasteiger partial charge < -0.3 is 4.90 Å². The Morgan fingerprint density at radius 3 is 1.97 bits per heavy atom. The van der Waals surface area contributed by atoms with Gasteiger partial charge in [0.05, 0.1) is 21.3 Å². The number of carbonyl (C=O) groups is 2. The minimum atomic E-state index is -0.209. The molecule has 5 rings (SSSR count). The molecule has 2 heterocycles. The Morgan fingerprint density at radius 2 is 1.34 bits per heavy atom. The van der Waals surface area contributed by atoms with Crippen LogP contribution in [-0.4, -0.2) is 59.3 Å². The van der Waals surface area contributed by atoms with E-state index in [0.717, 1.165) is 41.4 Å². The van der Waals surface area contributed by atoms with Gasteiger partial charge in [0.25, 0.3) is 0 Å². The van der Waals surface area contributed by atoms with Crippen molar-refractivity contribution in [1.29, 1.82) is 0 Å². The van der Waals surface area contributed by atoms with Crippen molar-refractivity contribution in [2.75, 3.05) is 32.7 Å². The number of carbonyl (C=O) groups excluding carboxylic acids is 2. The van der Waals surface area contributed by atoms with Crippen LogP contribution in [0.5, 0.6) is 0 Å². The van der Waals surface area contributed by atoms with Crippen molar-refractivity contribution < 1.29 is 9.59 Å². The normalized spacial score (nSPS) is 14.6. The smallest absolute Gasteiger partial charge is 0.239 e. The number of rotatable bonds is 9. The van der Waals surface area contributed by atoms with Gasteiger partial charge in [-0.15, -0.1) is 11.3 Å². The number of nitrogens with one attached hydrogen (secondary N) is 2. The number of aryl methyl sites for hydroxylation is 1. The number of piperazine rings is 1. The molecule has 0 bridgehead atoms. The quantitative estimate of drug-likeness (QED) is 0.320. The molecule has 3 aromatic carbocycles. The van der Waals surface area contributed by atoms with Crippen LogP contribution in [-0.2, 0) is 16.0 Å². The van der Waals surface area contributed by atoms with Gasteiger partial charge >= 0.3 is 0 Å². The second-order valence-electron chi connectivity index (χ2n) is 9.52. The fourth-order valence-electron chi connectivity index (χ4n) is 4.90. The molecular weight excluding hydrogens is 494 g/mol. The first kappa shape index (κ1) is 26.0. The van der Waals surface area contributed by atoms with E-state index in [2.05, 4.69) is 86.3 Å². The van der Waals surface area contributed by atoms with Crippen LogP contribution >= 0.6 is 11.3 Å². The summed E-state index contributed by atoms with van der Waals surface area (Å²) in [7, 11) is 0. The van der Waals surface area contributed by atoms with E-state index in [0.29, 0.717) is 19.4 Å². The van der Waals surface area contributed by atoms with Gasteiger partial charge in [-0.3, -0.25) is 25.3 Å². The minimum Gasteiger partial charge on any atom is -0.300 e. The molecule has 0 atom stereocenters. The summed E-state index contributed by atoms with van der Waals surface area (Å²) in [6.07, 6.45) is 1.18. The highest BCUT2D eigenvalue weighted by molar-refractivity contribution is 7.18. The first-order chi connectivity index (χ1) is 18.7. The van der Waals surface area contributed by atoms with Crippen molar-refractivity contribution in [3.8, 4) is 0 Å². The van der Waals surface area contributed by atoms with E-state index in [1.165, 1.54) is 11.1 Å². The first-order valence-electron chi connectivity index (χ1n) is 13.1. The van der Waals surface area contributed by atoms with Crippen LogP contribution in [0.25, 0.3) is 10.2 Å². The monoisotopic (exact) mass is 527 g/mol. The van der Waals surface area contributed by atoms with E-state index in [9.17, 15) is 9.59 Å². The summed E-state index contributed by atoms with van der Waals surface area (Å²) in [6, 6.07) is 29.5. The maximum Gasteiger partial charge on any atom is 0.239 e. The zero-order chi connectivity index (χ0) is 26.2. The van der Waals surface area contributed by atoms with Gasteiger partial charge in [-0.2, -0.15) is 0 Å². The second kappa shape index (κ2) is 12.8. The Bertz CT molecular complexity index is 1260. The number of thiazole rings is 1. The van der Waals surface area contributed by atoms with E-state index in [4.69, 9.17) is 0 Å². The van der Waals surface area contributed by atoms with Gasteiger partial charge in [-0.25, -0.2) is 4.98 Å². The van der Waals surface area contributed by atoms with E-state index in [1.54, 1.807) is 11.3 Å². The first-order valence-corrected chi connectivity index (χ1v) is 14.0. The van der Waals surface area contributed by atoms with Gasteiger partial charge in [0.2, 0.25) is 11.8 Å². The third-order valence-corrected chi connectivity index (χ3v) is 8.00.